The molecule has 0 spiro atoms. The second-order valence-electron chi connectivity index (χ2n) is 7.03. The summed E-state index contributed by atoms with van der Waals surface area (Å²) in [7, 11) is 1.89. The Morgan fingerprint density at radius 3 is 2.72 bits per heavy atom. The number of anilines is 2. The van der Waals surface area contributed by atoms with Crippen LogP contribution in [0, 0.1) is 11.3 Å². The van der Waals surface area contributed by atoms with Crippen molar-refractivity contribution in [3.05, 3.63) is 54.2 Å². The van der Waals surface area contributed by atoms with Gasteiger partial charge in [-0.3, -0.25) is 4.68 Å². The predicted octanol–water partition coefficient (Wildman–Crippen LogP) is 2.53. The standard InChI is InChI=1S/C21H26N8/c1-15(16-4-5-19(9-22)26-11-16)10-24-6-3-7-25-20-8-17(12-27-21(20)23)18-13-28-29(2)14-18/h4-5,8,11-15,24-25H,3,6-7,10H2,1-2H3,(H2,23,27). The van der Waals surface area contributed by atoms with Crippen LogP contribution in [0.25, 0.3) is 11.1 Å². The minimum Gasteiger partial charge on any atom is -0.382 e. The third kappa shape index (κ3) is 5.53. The Morgan fingerprint density at radius 2 is 2.03 bits per heavy atom. The van der Waals surface area contributed by atoms with E-state index in [-0.39, 0.29) is 0 Å². The molecule has 3 heterocycles. The summed E-state index contributed by atoms with van der Waals surface area (Å²) >= 11 is 0. The highest BCUT2D eigenvalue weighted by Crippen LogP contribution is 2.24. The van der Waals surface area contributed by atoms with Crippen LogP contribution in [0.2, 0.25) is 0 Å². The SMILES string of the molecule is CC(CNCCCNc1cc(-c2cnn(C)c2)cnc1N)c1ccc(C#N)nc1. The van der Waals surface area contributed by atoms with Crippen LogP contribution < -0.4 is 16.4 Å². The summed E-state index contributed by atoms with van der Waals surface area (Å²) < 4.78 is 1.76. The third-order valence-electron chi connectivity index (χ3n) is 4.72. The van der Waals surface area contributed by atoms with Gasteiger partial charge in [0.1, 0.15) is 17.6 Å². The molecule has 0 saturated carbocycles. The fraction of sp³-hybridized carbons (Fsp3) is 0.333. The van der Waals surface area contributed by atoms with Gasteiger partial charge >= 0.3 is 0 Å². The first-order valence-corrected chi connectivity index (χ1v) is 9.62. The average Bonchev–Trinajstić information content (AvgIpc) is 3.18. The maximum atomic E-state index is 8.82. The maximum Gasteiger partial charge on any atom is 0.146 e. The number of nitriles is 1. The maximum absolute atomic E-state index is 8.82. The van der Waals surface area contributed by atoms with Crippen molar-refractivity contribution in [2.75, 3.05) is 30.7 Å². The second kappa shape index (κ2) is 9.66. The van der Waals surface area contributed by atoms with Crippen LogP contribution in [-0.2, 0) is 7.05 Å². The van der Waals surface area contributed by atoms with E-state index in [1.807, 2.05) is 37.6 Å². The fourth-order valence-corrected chi connectivity index (χ4v) is 2.98. The molecular formula is C21H26N8. The Kier molecular flexibility index (Phi) is 6.76. The zero-order valence-corrected chi connectivity index (χ0v) is 16.8. The Morgan fingerprint density at radius 1 is 1.17 bits per heavy atom. The number of nitrogens with zero attached hydrogens (tertiary/aromatic N) is 5. The molecule has 3 rings (SSSR count). The molecule has 0 aliphatic rings. The molecule has 0 radical (unpaired) electrons. The van der Waals surface area contributed by atoms with Crippen molar-refractivity contribution < 1.29 is 0 Å². The van der Waals surface area contributed by atoms with Gasteiger partial charge in [-0.25, -0.2) is 9.97 Å². The van der Waals surface area contributed by atoms with E-state index in [0.717, 1.165) is 48.4 Å². The summed E-state index contributed by atoms with van der Waals surface area (Å²) in [6, 6.07) is 7.77. The van der Waals surface area contributed by atoms with Crippen LogP contribution in [0.4, 0.5) is 11.5 Å². The van der Waals surface area contributed by atoms with Gasteiger partial charge in [0.25, 0.3) is 0 Å². The van der Waals surface area contributed by atoms with Gasteiger partial charge < -0.3 is 16.4 Å². The minimum atomic E-state index is 0.333. The van der Waals surface area contributed by atoms with Gasteiger partial charge in [-0.05, 0) is 36.6 Å². The Hall–Kier alpha value is -3.44. The minimum absolute atomic E-state index is 0.333. The summed E-state index contributed by atoms with van der Waals surface area (Å²) in [5.41, 5.74) is 10.4. The number of nitrogen functional groups attached to an aromatic ring is 1. The smallest absolute Gasteiger partial charge is 0.146 e. The zero-order valence-electron chi connectivity index (χ0n) is 16.8. The molecule has 0 saturated heterocycles. The molecule has 0 amide bonds. The van der Waals surface area contributed by atoms with Gasteiger partial charge in [-0.1, -0.05) is 13.0 Å². The summed E-state index contributed by atoms with van der Waals surface area (Å²) in [6.45, 7) is 4.68. The van der Waals surface area contributed by atoms with Crippen LogP contribution in [0.5, 0.6) is 0 Å². The number of nitrogens with two attached hydrogens (primary N) is 1. The van der Waals surface area contributed by atoms with Crippen molar-refractivity contribution in [3.63, 3.8) is 0 Å². The van der Waals surface area contributed by atoms with E-state index >= 15 is 0 Å². The van der Waals surface area contributed by atoms with Crippen molar-refractivity contribution in [2.45, 2.75) is 19.3 Å². The summed E-state index contributed by atoms with van der Waals surface area (Å²) in [4.78, 5) is 8.41. The van der Waals surface area contributed by atoms with Gasteiger partial charge in [0.15, 0.2) is 0 Å². The molecule has 1 unspecified atom stereocenters. The van der Waals surface area contributed by atoms with Crippen LogP contribution in [0.3, 0.4) is 0 Å². The molecule has 8 nitrogen and oxygen atoms in total. The van der Waals surface area contributed by atoms with E-state index in [1.165, 1.54) is 0 Å². The number of pyridine rings is 2. The highest BCUT2D eigenvalue weighted by molar-refractivity contribution is 5.72. The van der Waals surface area contributed by atoms with Crippen molar-refractivity contribution in [2.24, 2.45) is 7.05 Å². The van der Waals surface area contributed by atoms with Gasteiger partial charge in [0.2, 0.25) is 0 Å². The van der Waals surface area contributed by atoms with E-state index in [0.29, 0.717) is 17.4 Å². The Balaban J connectivity index is 1.42. The van der Waals surface area contributed by atoms with E-state index in [4.69, 9.17) is 11.0 Å². The monoisotopic (exact) mass is 390 g/mol. The molecule has 8 heteroatoms. The van der Waals surface area contributed by atoms with E-state index in [1.54, 1.807) is 23.1 Å². The van der Waals surface area contributed by atoms with Gasteiger partial charge in [0, 0.05) is 49.9 Å². The molecular weight excluding hydrogens is 364 g/mol. The molecule has 150 valence electrons. The van der Waals surface area contributed by atoms with E-state index in [2.05, 4.69) is 32.6 Å². The molecule has 0 aliphatic carbocycles. The number of hydrogen-bond acceptors (Lipinski definition) is 7. The summed E-state index contributed by atoms with van der Waals surface area (Å²) in [5, 5.41) is 19.8. The van der Waals surface area contributed by atoms with Crippen molar-refractivity contribution >= 4 is 11.5 Å². The number of hydrogen-bond donors (Lipinski definition) is 3. The van der Waals surface area contributed by atoms with Crippen molar-refractivity contribution in [1.82, 2.24) is 25.1 Å². The first-order valence-electron chi connectivity index (χ1n) is 9.62. The van der Waals surface area contributed by atoms with Crippen molar-refractivity contribution in [3.8, 4) is 17.2 Å². The molecule has 3 aromatic rings. The van der Waals surface area contributed by atoms with E-state index < -0.39 is 0 Å². The lowest BCUT2D eigenvalue weighted by Crippen LogP contribution is -2.23. The summed E-state index contributed by atoms with van der Waals surface area (Å²) in [6.07, 6.45) is 8.25. The lowest BCUT2D eigenvalue weighted by molar-refractivity contribution is 0.602. The molecule has 29 heavy (non-hydrogen) atoms. The van der Waals surface area contributed by atoms with Crippen LogP contribution in [0.15, 0.2) is 43.0 Å². The highest BCUT2D eigenvalue weighted by Gasteiger charge is 2.07. The van der Waals surface area contributed by atoms with Crippen molar-refractivity contribution in [1.29, 1.82) is 5.26 Å². The van der Waals surface area contributed by atoms with Crippen LogP contribution in [-0.4, -0.2) is 39.4 Å². The lowest BCUT2D eigenvalue weighted by atomic mass is 10.0. The molecule has 0 bridgehead atoms. The number of aromatic nitrogens is 4. The number of aryl methyl sites for hydroxylation is 1. The van der Waals surface area contributed by atoms with Crippen LogP contribution >= 0.6 is 0 Å². The molecule has 1 atom stereocenters. The molecule has 4 N–H and O–H groups in total. The topological polar surface area (TPSA) is 117 Å². The lowest BCUT2D eigenvalue weighted by Gasteiger charge is -2.13. The Bertz CT molecular complexity index is 971. The quantitative estimate of drug-likeness (QED) is 0.481. The van der Waals surface area contributed by atoms with Gasteiger partial charge in [-0.15, -0.1) is 0 Å². The predicted molar refractivity (Wildman–Crippen MR) is 114 cm³/mol. The third-order valence-corrected chi connectivity index (χ3v) is 4.72. The zero-order chi connectivity index (χ0) is 20.6. The van der Waals surface area contributed by atoms with Gasteiger partial charge in [-0.2, -0.15) is 10.4 Å². The molecule has 0 aliphatic heterocycles. The molecule has 0 aromatic carbocycles. The Labute approximate surface area is 170 Å². The first kappa shape index (κ1) is 20.3. The van der Waals surface area contributed by atoms with Crippen LogP contribution in [0.1, 0.15) is 30.5 Å². The summed E-state index contributed by atoms with van der Waals surface area (Å²) in [5.74, 6) is 0.826. The largest absolute Gasteiger partial charge is 0.382 e. The normalized spacial score (nSPS) is 11.8. The highest BCUT2D eigenvalue weighted by atomic mass is 15.2. The second-order valence-corrected chi connectivity index (χ2v) is 7.03. The average molecular weight is 390 g/mol. The number of nitrogens with one attached hydrogen (secondary N) is 2. The van der Waals surface area contributed by atoms with Gasteiger partial charge in [0.05, 0.1) is 11.9 Å². The molecule has 3 aromatic heterocycles. The first-order chi connectivity index (χ1) is 14.1. The van der Waals surface area contributed by atoms with E-state index in [9.17, 15) is 0 Å². The number of rotatable bonds is 9. The molecule has 0 fully saturated rings. The fourth-order valence-electron chi connectivity index (χ4n) is 2.98.